The lowest BCUT2D eigenvalue weighted by Crippen LogP contribution is -2.29. The lowest BCUT2D eigenvalue weighted by molar-refractivity contribution is -0.139. The van der Waals surface area contributed by atoms with E-state index in [0.717, 1.165) is 12.1 Å². The topological polar surface area (TPSA) is 83.9 Å². The van der Waals surface area contributed by atoms with E-state index >= 15 is 0 Å². The highest BCUT2D eigenvalue weighted by atomic mass is 19.4. The predicted octanol–water partition coefficient (Wildman–Crippen LogP) is 5.32. The number of carboxylic acids is 1. The number of alkyl halides is 3. The van der Waals surface area contributed by atoms with Crippen LogP contribution in [0.2, 0.25) is 0 Å². The number of ether oxygens (including phenoxy) is 1. The van der Waals surface area contributed by atoms with Crippen LogP contribution in [-0.2, 0) is 22.3 Å². The van der Waals surface area contributed by atoms with Crippen LogP contribution >= 0.6 is 0 Å². The Morgan fingerprint density at radius 1 is 1.03 bits per heavy atom. The second-order valence-corrected chi connectivity index (χ2v) is 8.47. The number of hydrogen-bond acceptors (Lipinski definition) is 4. The highest BCUT2D eigenvalue weighted by Crippen LogP contribution is 2.49. The Morgan fingerprint density at radius 3 is 2.37 bits per heavy atom. The Hall–Kier alpha value is -4.14. The van der Waals surface area contributed by atoms with Crippen molar-refractivity contribution in [3.05, 3.63) is 82.4 Å². The Balaban J connectivity index is 1.62. The molecule has 0 saturated heterocycles. The number of carbonyl (C=O) groups is 3. The summed E-state index contributed by atoms with van der Waals surface area (Å²) in [6.07, 6.45) is -5.67. The number of hydrogen-bond donors (Lipinski definition) is 1. The second-order valence-electron chi connectivity index (χ2n) is 8.47. The molecular formula is C26H18F3NO5. The number of benzene rings is 3. The molecule has 5 rings (SSSR count). The van der Waals surface area contributed by atoms with E-state index in [1.807, 2.05) is 0 Å². The van der Waals surface area contributed by atoms with E-state index in [1.54, 1.807) is 37.3 Å². The first-order valence-corrected chi connectivity index (χ1v) is 10.7. The maximum absolute atomic E-state index is 12.9. The van der Waals surface area contributed by atoms with Gasteiger partial charge in [-0.2, -0.15) is 13.2 Å². The van der Waals surface area contributed by atoms with Crippen LogP contribution in [0.5, 0.6) is 5.75 Å². The monoisotopic (exact) mass is 481 g/mol. The smallest absolute Gasteiger partial charge is 0.416 e. The predicted molar refractivity (Wildman–Crippen MR) is 119 cm³/mol. The van der Waals surface area contributed by atoms with Gasteiger partial charge in [-0.3, -0.25) is 14.4 Å². The number of carbonyl (C=O) groups excluding carboxylic acids is 2. The molecule has 1 amide bonds. The van der Waals surface area contributed by atoms with E-state index in [0.29, 0.717) is 39.3 Å². The van der Waals surface area contributed by atoms with E-state index < -0.39 is 35.5 Å². The van der Waals surface area contributed by atoms with E-state index in [9.17, 15) is 32.7 Å². The first kappa shape index (κ1) is 22.6. The number of carboxylic acid groups (broad SMARTS) is 1. The van der Waals surface area contributed by atoms with Gasteiger partial charge >= 0.3 is 12.1 Å². The summed E-state index contributed by atoms with van der Waals surface area (Å²) in [7, 11) is 0. The zero-order chi connectivity index (χ0) is 25.1. The molecule has 0 fully saturated rings. The number of Topliss-reactive ketones (excluding diaryl/α,β-unsaturated/α-hetero) is 1. The van der Waals surface area contributed by atoms with E-state index in [1.165, 1.54) is 17.0 Å². The van der Waals surface area contributed by atoms with Gasteiger partial charge in [0, 0.05) is 11.1 Å². The molecule has 0 aliphatic carbocycles. The molecule has 2 aliphatic rings. The number of ketones is 1. The number of aliphatic carboxylic acids is 1. The summed E-state index contributed by atoms with van der Waals surface area (Å²) in [6.45, 7) is 1.58. The normalized spacial score (nSPS) is 16.5. The third-order valence-corrected chi connectivity index (χ3v) is 6.30. The Kier molecular flexibility index (Phi) is 5.16. The minimum absolute atomic E-state index is 0.115. The number of halogens is 3. The summed E-state index contributed by atoms with van der Waals surface area (Å²) in [5.74, 6) is -2.12. The van der Waals surface area contributed by atoms with Gasteiger partial charge < -0.3 is 14.7 Å². The zero-order valence-electron chi connectivity index (χ0n) is 18.3. The molecule has 2 aliphatic heterocycles. The number of rotatable bonds is 4. The average molecular weight is 481 g/mol. The molecule has 178 valence electrons. The summed E-state index contributed by atoms with van der Waals surface area (Å²) >= 11 is 0. The fourth-order valence-corrected chi connectivity index (χ4v) is 4.76. The molecule has 0 aromatic heterocycles. The minimum atomic E-state index is -4.49. The molecule has 6 nitrogen and oxygen atoms in total. The zero-order valence-corrected chi connectivity index (χ0v) is 18.3. The van der Waals surface area contributed by atoms with E-state index in [2.05, 4.69) is 0 Å². The largest absolute Gasteiger partial charge is 0.484 e. The minimum Gasteiger partial charge on any atom is -0.484 e. The summed E-state index contributed by atoms with van der Waals surface area (Å²) < 4.78 is 44.7. The van der Waals surface area contributed by atoms with Gasteiger partial charge in [-0.15, -0.1) is 0 Å². The van der Waals surface area contributed by atoms with Crippen molar-refractivity contribution in [2.45, 2.75) is 32.2 Å². The fraction of sp³-hybridized carbons (Fsp3) is 0.192. The molecule has 1 unspecified atom stereocenters. The first-order valence-electron chi connectivity index (χ1n) is 10.7. The van der Waals surface area contributed by atoms with Crippen molar-refractivity contribution in [3.63, 3.8) is 0 Å². The lowest BCUT2D eigenvalue weighted by Gasteiger charge is -2.31. The molecule has 2 heterocycles. The van der Waals surface area contributed by atoms with Crippen LogP contribution < -0.4 is 9.64 Å². The van der Waals surface area contributed by atoms with Crippen LogP contribution in [0.1, 0.15) is 45.1 Å². The Bertz CT molecular complexity index is 1400. The van der Waals surface area contributed by atoms with Gasteiger partial charge in [0.2, 0.25) is 0 Å². The van der Waals surface area contributed by atoms with Crippen LogP contribution in [0, 0.1) is 6.92 Å². The maximum atomic E-state index is 12.9. The van der Waals surface area contributed by atoms with Crippen molar-refractivity contribution >= 4 is 23.3 Å². The first-order chi connectivity index (χ1) is 16.6. The number of para-hydroxylation sites is 1. The summed E-state index contributed by atoms with van der Waals surface area (Å²) in [4.78, 5) is 38.7. The van der Waals surface area contributed by atoms with Crippen LogP contribution in [0.4, 0.5) is 18.9 Å². The highest BCUT2D eigenvalue weighted by Gasteiger charge is 2.41. The molecule has 0 bridgehead atoms. The van der Waals surface area contributed by atoms with E-state index in [4.69, 9.17) is 4.74 Å². The third kappa shape index (κ3) is 3.73. The van der Waals surface area contributed by atoms with Crippen LogP contribution in [-0.4, -0.2) is 22.8 Å². The molecule has 0 spiro atoms. The number of amides is 1. The molecule has 1 atom stereocenters. The lowest BCUT2D eigenvalue weighted by atomic mass is 9.85. The standard InChI is InChI=1S/C26H18F3NO5/c1-13-22-17(16-4-2-3-5-19(16)35-20(22)11-21(31)32)10-18-23(13)30(25(34)24(18)33)12-14-6-8-15(9-7-14)26(27,28)29/h2-10,20H,11-12H2,1H3,(H,31,32). The molecule has 35 heavy (non-hydrogen) atoms. The van der Waals surface area contributed by atoms with Crippen molar-refractivity contribution in [1.82, 2.24) is 0 Å². The van der Waals surface area contributed by atoms with Gasteiger partial charge in [0.05, 0.1) is 29.8 Å². The maximum Gasteiger partial charge on any atom is 0.416 e. The Morgan fingerprint density at radius 2 is 1.71 bits per heavy atom. The molecule has 9 heteroatoms. The molecule has 0 saturated carbocycles. The Labute approximate surface area is 197 Å². The van der Waals surface area contributed by atoms with Gasteiger partial charge in [0.1, 0.15) is 11.9 Å². The van der Waals surface area contributed by atoms with Gasteiger partial charge in [-0.1, -0.05) is 30.3 Å². The number of fused-ring (bicyclic) bond motifs is 4. The van der Waals surface area contributed by atoms with Crippen LogP contribution in [0.15, 0.2) is 54.6 Å². The van der Waals surface area contributed by atoms with E-state index in [-0.39, 0.29) is 18.5 Å². The van der Waals surface area contributed by atoms with Gasteiger partial charge in [0.15, 0.2) is 0 Å². The van der Waals surface area contributed by atoms with Crippen LogP contribution in [0.25, 0.3) is 11.1 Å². The molecule has 3 aromatic rings. The average Bonchev–Trinajstić information content (AvgIpc) is 3.03. The van der Waals surface area contributed by atoms with Crippen molar-refractivity contribution in [2.75, 3.05) is 4.90 Å². The number of anilines is 1. The summed E-state index contributed by atoms with van der Waals surface area (Å²) in [5, 5.41) is 9.46. The van der Waals surface area contributed by atoms with Gasteiger partial charge in [0.25, 0.3) is 11.7 Å². The van der Waals surface area contributed by atoms with Crippen molar-refractivity contribution < 1.29 is 37.4 Å². The molecule has 0 radical (unpaired) electrons. The third-order valence-electron chi connectivity index (χ3n) is 6.30. The molecule has 3 aromatic carbocycles. The van der Waals surface area contributed by atoms with Crippen molar-refractivity contribution in [1.29, 1.82) is 0 Å². The summed E-state index contributed by atoms with van der Waals surface area (Å²) in [6, 6.07) is 13.0. The quantitative estimate of drug-likeness (QED) is 0.510. The fourth-order valence-electron chi connectivity index (χ4n) is 4.76. The van der Waals surface area contributed by atoms with Crippen LogP contribution in [0.3, 0.4) is 0 Å². The van der Waals surface area contributed by atoms with Gasteiger partial charge in [-0.25, -0.2) is 0 Å². The van der Waals surface area contributed by atoms with Crippen molar-refractivity contribution in [2.24, 2.45) is 0 Å². The number of nitrogens with zero attached hydrogens (tertiary/aromatic N) is 1. The van der Waals surface area contributed by atoms with Gasteiger partial charge in [-0.05, 0) is 47.9 Å². The second kappa shape index (κ2) is 7.97. The summed E-state index contributed by atoms with van der Waals surface area (Å²) in [5.41, 5.74) is 2.45. The van der Waals surface area contributed by atoms with Crippen molar-refractivity contribution in [3.8, 4) is 16.9 Å². The molecule has 1 N–H and O–H groups in total. The molecular weight excluding hydrogens is 463 g/mol. The SMILES string of the molecule is Cc1c2c(cc3c1N(Cc1ccc(C(F)(F)F)cc1)C(=O)C3=O)-c1ccccc1OC2CC(=O)O. The highest BCUT2D eigenvalue weighted by molar-refractivity contribution is 6.52.